The van der Waals surface area contributed by atoms with Gasteiger partial charge in [0.2, 0.25) is 5.92 Å². The van der Waals surface area contributed by atoms with Crippen LogP contribution < -0.4 is 10.2 Å². The molecule has 2 N–H and O–H groups in total. The van der Waals surface area contributed by atoms with Gasteiger partial charge < -0.3 is 10.2 Å². The number of aromatic nitrogens is 1. The van der Waals surface area contributed by atoms with Crippen LogP contribution in [0.5, 0.6) is 0 Å². The second kappa shape index (κ2) is 11.3. The van der Waals surface area contributed by atoms with E-state index in [1.54, 1.807) is 49.1 Å². The Labute approximate surface area is 215 Å². The Morgan fingerprint density at radius 3 is 2.46 bits per heavy atom. The molecule has 1 aromatic heterocycles. The van der Waals surface area contributed by atoms with E-state index in [0.717, 1.165) is 0 Å². The van der Waals surface area contributed by atoms with Crippen LogP contribution in [0.1, 0.15) is 42.6 Å². The van der Waals surface area contributed by atoms with E-state index in [9.17, 15) is 22.2 Å². The first-order valence-electron chi connectivity index (χ1n) is 11.9. The summed E-state index contributed by atoms with van der Waals surface area (Å²) in [4.78, 5) is 19.9. The molecule has 0 spiro atoms. The predicted octanol–water partition coefficient (Wildman–Crippen LogP) is 6.75. The smallest absolute Gasteiger partial charge is 0.259 e. The number of anilines is 2. The molecule has 2 aromatic carbocycles. The largest absolute Gasteiger partial charge is 0.356 e. The van der Waals surface area contributed by atoms with Crippen molar-refractivity contribution in [3.05, 3.63) is 71.7 Å². The molecule has 0 fully saturated rings. The fourth-order valence-corrected chi connectivity index (χ4v) is 4.64. The molecule has 1 heterocycles. The fraction of sp³-hybridized carbons (Fsp3) is 0.333. The van der Waals surface area contributed by atoms with Gasteiger partial charge in [-0.1, -0.05) is 31.2 Å². The van der Waals surface area contributed by atoms with Gasteiger partial charge in [-0.05, 0) is 43.7 Å². The van der Waals surface area contributed by atoms with Gasteiger partial charge in [0.05, 0.1) is 15.3 Å². The van der Waals surface area contributed by atoms with Crippen molar-refractivity contribution in [3.8, 4) is 11.1 Å². The van der Waals surface area contributed by atoms with Crippen molar-refractivity contribution in [3.63, 3.8) is 0 Å². The van der Waals surface area contributed by atoms with Crippen LogP contribution in [0.2, 0.25) is 0 Å². The van der Waals surface area contributed by atoms with Crippen LogP contribution in [0.4, 0.5) is 24.7 Å². The molecule has 1 amide bonds. The van der Waals surface area contributed by atoms with Crippen molar-refractivity contribution in [2.45, 2.75) is 44.4 Å². The maximum atomic E-state index is 14.6. The lowest BCUT2D eigenvalue weighted by molar-refractivity contribution is -0.00921. The van der Waals surface area contributed by atoms with Crippen molar-refractivity contribution >= 4 is 27.1 Å². The summed E-state index contributed by atoms with van der Waals surface area (Å²) in [6.45, 7) is 5.14. The molecule has 0 aliphatic rings. The van der Waals surface area contributed by atoms with E-state index in [1.807, 2.05) is 0 Å². The highest BCUT2D eigenvalue weighted by atomic mass is 32.2. The van der Waals surface area contributed by atoms with E-state index in [-0.39, 0.29) is 34.8 Å². The molecule has 37 heavy (non-hydrogen) atoms. The van der Waals surface area contributed by atoms with Gasteiger partial charge in [0, 0.05) is 60.1 Å². The average Bonchev–Trinajstić information content (AvgIpc) is 2.84. The van der Waals surface area contributed by atoms with Crippen LogP contribution >= 0.6 is 0 Å². The third kappa shape index (κ3) is 6.68. The van der Waals surface area contributed by atoms with Crippen molar-refractivity contribution in [2.24, 2.45) is 0 Å². The molecule has 0 aliphatic heterocycles. The number of amides is 1. The number of pyridine rings is 1. The van der Waals surface area contributed by atoms with Crippen molar-refractivity contribution < 1.29 is 22.2 Å². The third-order valence-electron chi connectivity index (χ3n) is 6.20. The standard InChI is InChI=1S/C27H31F3N4O2S/c1-5-27(29,30)14-15-34(6-2)25-24(18(3)22(17-32-25)21-12-7-8-13-23(21)28)26(35)33-19-10-9-11-20(16-19)37(4,31)36/h7-13,16-17,31H,5-6,14-15H2,1-4H3,(H,33,35). The molecule has 0 aliphatic carbocycles. The topological polar surface area (TPSA) is 86.2 Å². The Hall–Kier alpha value is -3.40. The number of hydrogen-bond acceptors (Lipinski definition) is 5. The fourth-order valence-electron chi connectivity index (χ4n) is 3.95. The van der Waals surface area contributed by atoms with Crippen molar-refractivity contribution in [2.75, 3.05) is 29.6 Å². The minimum absolute atomic E-state index is 0.0324. The lowest BCUT2D eigenvalue weighted by atomic mass is 9.97. The van der Waals surface area contributed by atoms with Gasteiger partial charge in [-0.25, -0.2) is 27.1 Å². The number of carbonyl (C=O) groups excluding carboxylic acids is 1. The van der Waals surface area contributed by atoms with Gasteiger partial charge >= 0.3 is 0 Å². The number of rotatable bonds is 10. The number of alkyl halides is 2. The molecular formula is C27H31F3N4O2S. The van der Waals surface area contributed by atoms with Crippen LogP contribution in [0.15, 0.2) is 59.6 Å². The SMILES string of the molecule is CCN(CCC(F)(F)CC)c1ncc(-c2ccccc2F)c(C)c1C(=O)Nc1cccc(S(C)(=N)=O)c1. The molecule has 0 saturated heterocycles. The highest BCUT2D eigenvalue weighted by molar-refractivity contribution is 7.91. The number of halogens is 3. The van der Waals surface area contributed by atoms with E-state index in [4.69, 9.17) is 4.78 Å². The van der Waals surface area contributed by atoms with E-state index < -0.39 is 33.8 Å². The molecular weight excluding hydrogens is 501 g/mol. The zero-order valence-corrected chi connectivity index (χ0v) is 22.1. The molecule has 10 heteroatoms. The Balaban J connectivity index is 2.11. The summed E-state index contributed by atoms with van der Waals surface area (Å²) >= 11 is 0. The predicted molar refractivity (Wildman–Crippen MR) is 142 cm³/mol. The monoisotopic (exact) mass is 532 g/mol. The maximum absolute atomic E-state index is 14.6. The number of carbonyl (C=O) groups is 1. The molecule has 3 aromatic rings. The summed E-state index contributed by atoms with van der Waals surface area (Å²) in [7, 11) is -3.02. The first-order valence-corrected chi connectivity index (χ1v) is 13.9. The first-order chi connectivity index (χ1) is 17.4. The van der Waals surface area contributed by atoms with Gasteiger partial charge in [0.1, 0.15) is 11.6 Å². The van der Waals surface area contributed by atoms with Crippen LogP contribution in [0.25, 0.3) is 11.1 Å². The molecule has 6 nitrogen and oxygen atoms in total. The Morgan fingerprint density at radius 2 is 1.84 bits per heavy atom. The molecule has 1 unspecified atom stereocenters. The highest BCUT2D eigenvalue weighted by Crippen LogP contribution is 2.33. The van der Waals surface area contributed by atoms with Crippen molar-refractivity contribution in [1.29, 1.82) is 4.78 Å². The Kier molecular flexibility index (Phi) is 8.63. The van der Waals surface area contributed by atoms with Crippen LogP contribution in [0, 0.1) is 17.5 Å². The number of nitrogens with zero attached hydrogens (tertiary/aromatic N) is 2. The molecule has 0 radical (unpaired) electrons. The molecule has 1 atom stereocenters. The maximum Gasteiger partial charge on any atom is 0.259 e. The lowest BCUT2D eigenvalue weighted by Crippen LogP contribution is -2.32. The summed E-state index contributed by atoms with van der Waals surface area (Å²) < 4.78 is 62.7. The van der Waals surface area contributed by atoms with E-state index >= 15 is 0 Å². The molecule has 198 valence electrons. The van der Waals surface area contributed by atoms with Gasteiger partial charge in [0.25, 0.3) is 5.91 Å². The van der Waals surface area contributed by atoms with Gasteiger partial charge in [-0.15, -0.1) is 0 Å². The average molecular weight is 533 g/mol. The molecule has 3 rings (SSSR count). The second-order valence-corrected chi connectivity index (χ2v) is 11.0. The first kappa shape index (κ1) is 28.2. The highest BCUT2D eigenvalue weighted by Gasteiger charge is 2.29. The zero-order chi connectivity index (χ0) is 27.4. The van der Waals surface area contributed by atoms with Crippen LogP contribution in [-0.2, 0) is 9.73 Å². The summed E-state index contributed by atoms with van der Waals surface area (Å²) in [5, 5.41) is 2.75. The molecule has 0 bridgehead atoms. The normalized spacial score (nSPS) is 13.2. The Bertz CT molecular complexity index is 1390. The van der Waals surface area contributed by atoms with Gasteiger partial charge in [-0.3, -0.25) is 4.79 Å². The second-order valence-electron chi connectivity index (χ2n) is 8.84. The summed E-state index contributed by atoms with van der Waals surface area (Å²) in [6.07, 6.45) is 2.02. The molecule has 0 saturated carbocycles. The summed E-state index contributed by atoms with van der Waals surface area (Å²) in [5.74, 6) is -3.71. The quantitative estimate of drug-likeness (QED) is 0.303. The van der Waals surface area contributed by atoms with Gasteiger partial charge in [0.15, 0.2) is 0 Å². The van der Waals surface area contributed by atoms with E-state index in [0.29, 0.717) is 23.4 Å². The lowest BCUT2D eigenvalue weighted by Gasteiger charge is -2.27. The van der Waals surface area contributed by atoms with Crippen LogP contribution in [-0.4, -0.2) is 40.4 Å². The van der Waals surface area contributed by atoms with E-state index in [1.165, 1.54) is 37.6 Å². The summed E-state index contributed by atoms with van der Waals surface area (Å²) in [6, 6.07) is 12.3. The minimum Gasteiger partial charge on any atom is -0.356 e. The van der Waals surface area contributed by atoms with Gasteiger partial charge in [-0.2, -0.15) is 0 Å². The minimum atomic E-state index is -3.02. The zero-order valence-electron chi connectivity index (χ0n) is 21.3. The Morgan fingerprint density at radius 1 is 1.14 bits per heavy atom. The number of hydrogen-bond donors (Lipinski definition) is 2. The van der Waals surface area contributed by atoms with E-state index in [2.05, 4.69) is 10.3 Å². The van der Waals surface area contributed by atoms with Crippen molar-refractivity contribution in [1.82, 2.24) is 4.98 Å². The third-order valence-corrected chi connectivity index (χ3v) is 7.35. The van der Waals surface area contributed by atoms with Crippen LogP contribution in [0.3, 0.4) is 0 Å². The number of benzene rings is 2. The number of nitrogens with one attached hydrogen (secondary N) is 2. The summed E-state index contributed by atoms with van der Waals surface area (Å²) in [5.41, 5.74) is 1.53.